The Balaban J connectivity index is 0.000001000. The van der Waals surface area contributed by atoms with E-state index in [4.69, 9.17) is 0 Å². The van der Waals surface area contributed by atoms with Gasteiger partial charge in [0.25, 0.3) is 0 Å². The molecule has 0 amide bonds. The van der Waals surface area contributed by atoms with Crippen molar-refractivity contribution >= 4 is 12.4 Å². The fourth-order valence-corrected chi connectivity index (χ4v) is 5.83. The van der Waals surface area contributed by atoms with Gasteiger partial charge in [-0.25, -0.2) is 0 Å². The van der Waals surface area contributed by atoms with Crippen LogP contribution in [0.5, 0.6) is 0 Å². The van der Waals surface area contributed by atoms with E-state index in [1.165, 1.54) is 32.7 Å². The summed E-state index contributed by atoms with van der Waals surface area (Å²) in [5.74, 6) is 3.34. The van der Waals surface area contributed by atoms with Crippen molar-refractivity contribution in [2.75, 3.05) is 32.7 Å². The summed E-state index contributed by atoms with van der Waals surface area (Å²) in [4.78, 5) is 2.75. The first-order valence-corrected chi connectivity index (χ1v) is 7.74. The van der Waals surface area contributed by atoms with Gasteiger partial charge in [0.1, 0.15) is 0 Å². The fraction of sp³-hybridized carbons (Fsp3) is 1.00. The summed E-state index contributed by atoms with van der Waals surface area (Å²) in [6, 6.07) is 0. The highest BCUT2D eigenvalue weighted by Gasteiger charge is 2.51. The first-order chi connectivity index (χ1) is 8.31. The SMILES string of the molecule is C1CN(CC23CC4CC(CC(C4)C2)C3)CCN1.Cl. The Labute approximate surface area is 117 Å². The fourth-order valence-electron chi connectivity index (χ4n) is 5.83. The molecule has 5 fully saturated rings. The molecule has 4 aliphatic carbocycles. The van der Waals surface area contributed by atoms with Crippen LogP contribution in [0.25, 0.3) is 0 Å². The quantitative estimate of drug-likeness (QED) is 0.830. The maximum Gasteiger partial charge on any atom is 0.0108 e. The molecule has 1 N–H and O–H groups in total. The summed E-state index contributed by atoms with van der Waals surface area (Å²) in [7, 11) is 0. The Bertz CT molecular complexity index is 264. The number of hydrogen-bond donors (Lipinski definition) is 1. The Morgan fingerprint density at radius 2 is 1.39 bits per heavy atom. The third kappa shape index (κ3) is 2.32. The molecule has 1 heterocycles. The average Bonchev–Trinajstić information content (AvgIpc) is 2.27. The lowest BCUT2D eigenvalue weighted by Crippen LogP contribution is -2.54. The van der Waals surface area contributed by atoms with Gasteiger partial charge < -0.3 is 10.2 Å². The van der Waals surface area contributed by atoms with E-state index in [0.717, 1.165) is 23.2 Å². The van der Waals surface area contributed by atoms with Crippen LogP contribution in [-0.4, -0.2) is 37.6 Å². The summed E-state index contributed by atoms with van der Waals surface area (Å²) in [5, 5.41) is 3.48. The zero-order valence-corrected chi connectivity index (χ0v) is 12.2. The molecule has 5 rings (SSSR count). The van der Waals surface area contributed by atoms with Crippen LogP contribution in [0.3, 0.4) is 0 Å². The zero-order valence-electron chi connectivity index (χ0n) is 11.4. The molecule has 104 valence electrons. The molecule has 3 heteroatoms. The van der Waals surface area contributed by atoms with Crippen LogP contribution in [0.2, 0.25) is 0 Å². The van der Waals surface area contributed by atoms with E-state index in [1.807, 2.05) is 0 Å². The highest BCUT2D eigenvalue weighted by molar-refractivity contribution is 5.85. The molecule has 2 nitrogen and oxygen atoms in total. The van der Waals surface area contributed by atoms with Gasteiger partial charge in [-0.05, 0) is 61.7 Å². The second-order valence-corrected chi connectivity index (χ2v) is 7.44. The van der Waals surface area contributed by atoms with Gasteiger partial charge in [0.15, 0.2) is 0 Å². The number of nitrogens with one attached hydrogen (secondary N) is 1. The molecule has 1 saturated heterocycles. The Morgan fingerprint density at radius 1 is 0.889 bits per heavy atom. The van der Waals surface area contributed by atoms with Crippen molar-refractivity contribution in [3.63, 3.8) is 0 Å². The first kappa shape index (κ1) is 13.2. The molecular weight excluding hydrogens is 244 g/mol. The standard InChI is InChI=1S/C15H26N2.ClH/c1-3-17(4-2-16-1)11-15-8-12-5-13(9-15)7-14(6-12)10-15;/h12-14,16H,1-11H2;1H. The highest BCUT2D eigenvalue weighted by Crippen LogP contribution is 2.60. The second kappa shape index (κ2) is 4.96. The third-order valence-electron chi connectivity index (χ3n) is 5.93. The number of nitrogens with zero attached hydrogens (tertiary/aromatic N) is 1. The number of rotatable bonds is 2. The van der Waals surface area contributed by atoms with E-state index >= 15 is 0 Å². The highest BCUT2D eigenvalue weighted by atomic mass is 35.5. The molecule has 0 radical (unpaired) electrons. The van der Waals surface area contributed by atoms with Gasteiger partial charge in [-0.3, -0.25) is 0 Å². The monoisotopic (exact) mass is 270 g/mol. The van der Waals surface area contributed by atoms with E-state index < -0.39 is 0 Å². The summed E-state index contributed by atoms with van der Waals surface area (Å²) in [6.45, 7) is 6.44. The summed E-state index contributed by atoms with van der Waals surface area (Å²) >= 11 is 0. The van der Waals surface area contributed by atoms with E-state index in [9.17, 15) is 0 Å². The van der Waals surface area contributed by atoms with Gasteiger partial charge in [0.2, 0.25) is 0 Å². The molecule has 4 saturated carbocycles. The average molecular weight is 271 g/mol. The van der Waals surface area contributed by atoms with Crippen LogP contribution < -0.4 is 5.32 Å². The Morgan fingerprint density at radius 3 is 1.89 bits per heavy atom. The second-order valence-electron chi connectivity index (χ2n) is 7.44. The largest absolute Gasteiger partial charge is 0.314 e. The lowest BCUT2D eigenvalue weighted by molar-refractivity contribution is -0.0701. The minimum absolute atomic E-state index is 0. The van der Waals surface area contributed by atoms with E-state index in [-0.39, 0.29) is 12.4 Å². The molecule has 0 atom stereocenters. The molecule has 0 unspecified atom stereocenters. The maximum absolute atomic E-state index is 3.48. The molecule has 18 heavy (non-hydrogen) atoms. The van der Waals surface area contributed by atoms with Crippen molar-refractivity contribution in [2.24, 2.45) is 23.2 Å². The molecule has 4 bridgehead atoms. The number of halogens is 1. The minimum atomic E-state index is 0. The van der Waals surface area contributed by atoms with Gasteiger partial charge in [0, 0.05) is 32.7 Å². The molecule has 0 aromatic rings. The zero-order chi connectivity index (χ0) is 11.3. The van der Waals surface area contributed by atoms with E-state index in [1.54, 1.807) is 38.5 Å². The van der Waals surface area contributed by atoms with Crippen molar-refractivity contribution < 1.29 is 0 Å². The summed E-state index contributed by atoms with van der Waals surface area (Å²) in [6.07, 6.45) is 9.47. The van der Waals surface area contributed by atoms with Gasteiger partial charge in [-0.2, -0.15) is 0 Å². The maximum atomic E-state index is 3.48. The van der Waals surface area contributed by atoms with E-state index in [0.29, 0.717) is 0 Å². The van der Waals surface area contributed by atoms with Gasteiger partial charge >= 0.3 is 0 Å². The predicted molar refractivity (Wildman–Crippen MR) is 77.2 cm³/mol. The third-order valence-corrected chi connectivity index (χ3v) is 5.93. The summed E-state index contributed by atoms with van der Waals surface area (Å²) < 4.78 is 0. The molecule has 0 spiro atoms. The molecule has 0 aromatic heterocycles. The van der Waals surface area contributed by atoms with Crippen LogP contribution in [-0.2, 0) is 0 Å². The summed E-state index contributed by atoms with van der Waals surface area (Å²) in [5.41, 5.74) is 0.756. The van der Waals surface area contributed by atoms with Crippen molar-refractivity contribution in [1.29, 1.82) is 0 Å². The number of hydrogen-bond acceptors (Lipinski definition) is 2. The smallest absolute Gasteiger partial charge is 0.0108 e. The first-order valence-electron chi connectivity index (χ1n) is 7.74. The van der Waals surface area contributed by atoms with Crippen molar-refractivity contribution in [3.05, 3.63) is 0 Å². The van der Waals surface area contributed by atoms with E-state index in [2.05, 4.69) is 10.2 Å². The van der Waals surface area contributed by atoms with Gasteiger partial charge in [-0.1, -0.05) is 0 Å². The lowest BCUT2D eigenvalue weighted by atomic mass is 9.49. The van der Waals surface area contributed by atoms with Crippen LogP contribution in [0, 0.1) is 23.2 Å². The van der Waals surface area contributed by atoms with Crippen LogP contribution in [0.1, 0.15) is 38.5 Å². The Kier molecular flexibility index (Phi) is 3.64. The van der Waals surface area contributed by atoms with Gasteiger partial charge in [-0.15, -0.1) is 12.4 Å². The van der Waals surface area contributed by atoms with Crippen molar-refractivity contribution in [2.45, 2.75) is 38.5 Å². The van der Waals surface area contributed by atoms with Crippen LogP contribution >= 0.6 is 12.4 Å². The molecule has 0 aromatic carbocycles. The topological polar surface area (TPSA) is 15.3 Å². The lowest BCUT2D eigenvalue weighted by Gasteiger charge is -2.58. The minimum Gasteiger partial charge on any atom is -0.314 e. The predicted octanol–water partition coefficient (Wildman–Crippen LogP) is 2.53. The molecule has 5 aliphatic rings. The molecular formula is C15H27ClN2. The van der Waals surface area contributed by atoms with Crippen molar-refractivity contribution in [1.82, 2.24) is 10.2 Å². The molecule has 1 aliphatic heterocycles. The normalized spacial score (nSPS) is 47.0. The van der Waals surface area contributed by atoms with Crippen LogP contribution in [0.15, 0.2) is 0 Å². The Hall–Kier alpha value is 0.210. The van der Waals surface area contributed by atoms with Crippen molar-refractivity contribution in [3.8, 4) is 0 Å². The number of piperazine rings is 1. The van der Waals surface area contributed by atoms with Crippen LogP contribution in [0.4, 0.5) is 0 Å². The van der Waals surface area contributed by atoms with Gasteiger partial charge in [0.05, 0.1) is 0 Å².